The second-order valence-electron chi connectivity index (χ2n) is 6.86. The Balaban J connectivity index is 1.82. The number of anilines is 2. The molecule has 5 nitrogen and oxygen atoms in total. The summed E-state index contributed by atoms with van der Waals surface area (Å²) in [5.41, 5.74) is 2.72. The molecule has 1 atom stereocenters. The summed E-state index contributed by atoms with van der Waals surface area (Å²) < 4.78 is 1.32. The van der Waals surface area contributed by atoms with Crippen LogP contribution in [0.1, 0.15) is 17.6 Å². The molecule has 6 heteroatoms. The maximum absolute atomic E-state index is 13.2. The highest BCUT2D eigenvalue weighted by molar-refractivity contribution is 6.30. The van der Waals surface area contributed by atoms with Gasteiger partial charge in [0.1, 0.15) is 5.82 Å². The van der Waals surface area contributed by atoms with Crippen molar-refractivity contribution in [3.8, 4) is 0 Å². The Morgan fingerprint density at radius 2 is 1.66 bits per heavy atom. The topological polar surface area (TPSA) is 58.4 Å². The summed E-state index contributed by atoms with van der Waals surface area (Å²) in [6.07, 6.45) is -1.10. The Kier molecular flexibility index (Phi) is 5.09. The molecule has 0 aliphatic carbocycles. The SMILES string of the molecule is Cc1nc2ccc(N(C)c3ccc(Cl)cc3)cc2c(=O)n1C(O)c1ccccc1. The molecule has 0 amide bonds. The number of aliphatic hydroxyl groups is 1. The second kappa shape index (κ2) is 7.70. The molecule has 3 aromatic carbocycles. The summed E-state index contributed by atoms with van der Waals surface area (Å²) in [4.78, 5) is 19.7. The van der Waals surface area contributed by atoms with Gasteiger partial charge in [-0.1, -0.05) is 41.9 Å². The number of hydrogen-bond donors (Lipinski definition) is 1. The Hall–Kier alpha value is -3.15. The highest BCUT2D eigenvalue weighted by Gasteiger charge is 2.17. The van der Waals surface area contributed by atoms with Gasteiger partial charge in [-0.15, -0.1) is 0 Å². The molecule has 1 unspecified atom stereocenters. The predicted molar refractivity (Wildman–Crippen MR) is 117 cm³/mol. The van der Waals surface area contributed by atoms with Crippen molar-refractivity contribution in [3.05, 3.63) is 99.6 Å². The van der Waals surface area contributed by atoms with E-state index in [1.807, 2.05) is 66.5 Å². The third-order valence-corrected chi connectivity index (χ3v) is 5.26. The summed E-state index contributed by atoms with van der Waals surface area (Å²) >= 11 is 5.98. The molecule has 0 saturated heterocycles. The maximum Gasteiger partial charge on any atom is 0.263 e. The van der Waals surface area contributed by atoms with Gasteiger partial charge in [-0.3, -0.25) is 9.36 Å². The number of nitrogens with zero attached hydrogens (tertiary/aromatic N) is 3. The van der Waals surface area contributed by atoms with Crippen LogP contribution >= 0.6 is 11.6 Å². The standard InChI is InChI=1S/C23H20ClN3O2/c1-15-25-21-13-12-19(26(2)18-10-8-17(24)9-11-18)14-20(21)23(29)27(15)22(28)16-6-4-3-5-7-16/h3-14,22,28H,1-2H3. The number of rotatable bonds is 4. The molecule has 1 aromatic heterocycles. The highest BCUT2D eigenvalue weighted by Crippen LogP contribution is 2.27. The molecule has 146 valence electrons. The van der Waals surface area contributed by atoms with Crippen LogP contribution in [-0.4, -0.2) is 21.7 Å². The van der Waals surface area contributed by atoms with E-state index in [2.05, 4.69) is 4.98 Å². The monoisotopic (exact) mass is 405 g/mol. The summed E-state index contributed by atoms with van der Waals surface area (Å²) in [7, 11) is 1.92. The third-order valence-electron chi connectivity index (χ3n) is 5.00. The molecular formula is C23H20ClN3O2. The summed E-state index contributed by atoms with van der Waals surface area (Å²) in [5.74, 6) is 0.456. The maximum atomic E-state index is 13.2. The van der Waals surface area contributed by atoms with Crippen LogP contribution in [0.25, 0.3) is 10.9 Å². The number of benzene rings is 3. The minimum atomic E-state index is -1.10. The van der Waals surface area contributed by atoms with Crippen LogP contribution in [0.4, 0.5) is 11.4 Å². The van der Waals surface area contributed by atoms with E-state index in [0.717, 1.165) is 11.4 Å². The molecule has 4 rings (SSSR count). The predicted octanol–water partition coefficient (Wildman–Crippen LogP) is 4.67. The van der Waals surface area contributed by atoms with Crippen molar-refractivity contribution >= 4 is 33.9 Å². The van der Waals surface area contributed by atoms with E-state index < -0.39 is 6.23 Å². The fraction of sp³-hybridized carbons (Fsp3) is 0.130. The van der Waals surface area contributed by atoms with Gasteiger partial charge in [-0.05, 0) is 49.4 Å². The molecule has 0 bridgehead atoms. The van der Waals surface area contributed by atoms with E-state index in [1.54, 1.807) is 25.1 Å². The van der Waals surface area contributed by atoms with Gasteiger partial charge in [0.25, 0.3) is 5.56 Å². The molecule has 0 aliphatic heterocycles. The van der Waals surface area contributed by atoms with Gasteiger partial charge in [0, 0.05) is 29.0 Å². The van der Waals surface area contributed by atoms with Crippen molar-refractivity contribution in [3.63, 3.8) is 0 Å². The largest absolute Gasteiger partial charge is 0.369 e. The minimum Gasteiger partial charge on any atom is -0.369 e. The van der Waals surface area contributed by atoms with Gasteiger partial charge in [-0.25, -0.2) is 4.98 Å². The van der Waals surface area contributed by atoms with Gasteiger partial charge < -0.3 is 10.0 Å². The lowest BCUT2D eigenvalue weighted by molar-refractivity contribution is 0.139. The average Bonchev–Trinajstić information content (AvgIpc) is 2.74. The van der Waals surface area contributed by atoms with E-state index in [0.29, 0.717) is 27.3 Å². The van der Waals surface area contributed by atoms with Gasteiger partial charge in [-0.2, -0.15) is 0 Å². The Labute approximate surface area is 173 Å². The van der Waals surface area contributed by atoms with Gasteiger partial charge >= 0.3 is 0 Å². The average molecular weight is 406 g/mol. The summed E-state index contributed by atoms with van der Waals surface area (Å²) in [6.45, 7) is 1.72. The first-order chi connectivity index (χ1) is 14.0. The van der Waals surface area contributed by atoms with Gasteiger partial charge in [0.2, 0.25) is 0 Å². The van der Waals surface area contributed by atoms with E-state index in [9.17, 15) is 9.90 Å². The first-order valence-electron chi connectivity index (χ1n) is 9.21. The van der Waals surface area contributed by atoms with Crippen molar-refractivity contribution in [1.82, 2.24) is 9.55 Å². The summed E-state index contributed by atoms with van der Waals surface area (Å²) in [5, 5.41) is 11.9. The van der Waals surface area contributed by atoms with Crippen LogP contribution in [0.5, 0.6) is 0 Å². The van der Waals surface area contributed by atoms with Gasteiger partial charge in [0.05, 0.1) is 10.9 Å². The molecule has 0 aliphatic rings. The van der Waals surface area contributed by atoms with Crippen molar-refractivity contribution in [1.29, 1.82) is 0 Å². The van der Waals surface area contributed by atoms with Crippen LogP contribution < -0.4 is 10.5 Å². The quantitative estimate of drug-likeness (QED) is 0.536. The molecule has 4 aromatic rings. The zero-order valence-corrected chi connectivity index (χ0v) is 16.8. The normalized spacial score (nSPS) is 12.1. The van der Waals surface area contributed by atoms with Crippen molar-refractivity contribution in [2.75, 3.05) is 11.9 Å². The molecule has 0 radical (unpaired) electrons. The number of aromatic nitrogens is 2. The number of hydrogen-bond acceptors (Lipinski definition) is 4. The van der Waals surface area contributed by atoms with Crippen LogP contribution in [0.3, 0.4) is 0 Å². The summed E-state index contributed by atoms with van der Waals surface area (Å²) in [6, 6.07) is 22.1. The van der Waals surface area contributed by atoms with E-state index in [-0.39, 0.29) is 5.56 Å². The lowest BCUT2D eigenvalue weighted by Crippen LogP contribution is -2.28. The molecule has 1 heterocycles. The highest BCUT2D eigenvalue weighted by atomic mass is 35.5. The Bertz CT molecular complexity index is 1220. The van der Waals surface area contributed by atoms with Crippen LogP contribution in [0.2, 0.25) is 5.02 Å². The lowest BCUT2D eigenvalue weighted by atomic mass is 10.1. The zero-order chi connectivity index (χ0) is 20.5. The molecular weight excluding hydrogens is 386 g/mol. The molecule has 29 heavy (non-hydrogen) atoms. The van der Waals surface area contributed by atoms with E-state index in [1.165, 1.54) is 4.57 Å². The molecule has 0 spiro atoms. The van der Waals surface area contributed by atoms with Crippen molar-refractivity contribution in [2.45, 2.75) is 13.2 Å². The third kappa shape index (κ3) is 3.62. The second-order valence-corrected chi connectivity index (χ2v) is 7.29. The molecule has 0 saturated carbocycles. The van der Waals surface area contributed by atoms with Crippen LogP contribution in [0.15, 0.2) is 77.6 Å². The van der Waals surface area contributed by atoms with Gasteiger partial charge in [0.15, 0.2) is 6.23 Å². The number of aryl methyl sites for hydroxylation is 1. The van der Waals surface area contributed by atoms with Crippen LogP contribution in [0, 0.1) is 6.92 Å². The fourth-order valence-electron chi connectivity index (χ4n) is 3.38. The lowest BCUT2D eigenvalue weighted by Gasteiger charge is -2.21. The molecule has 0 fully saturated rings. The smallest absolute Gasteiger partial charge is 0.263 e. The van der Waals surface area contributed by atoms with E-state index >= 15 is 0 Å². The number of aliphatic hydroxyl groups excluding tert-OH is 1. The van der Waals surface area contributed by atoms with E-state index in [4.69, 9.17) is 11.6 Å². The minimum absolute atomic E-state index is 0.282. The number of fused-ring (bicyclic) bond motifs is 1. The Morgan fingerprint density at radius 1 is 1.00 bits per heavy atom. The first-order valence-corrected chi connectivity index (χ1v) is 9.59. The fourth-order valence-corrected chi connectivity index (χ4v) is 3.51. The molecule has 1 N–H and O–H groups in total. The zero-order valence-electron chi connectivity index (χ0n) is 16.1. The Morgan fingerprint density at radius 3 is 2.34 bits per heavy atom. The first kappa shape index (κ1) is 19.2. The number of halogens is 1. The van der Waals surface area contributed by atoms with Crippen molar-refractivity contribution < 1.29 is 5.11 Å². The van der Waals surface area contributed by atoms with Crippen molar-refractivity contribution in [2.24, 2.45) is 0 Å². The van der Waals surface area contributed by atoms with Crippen LogP contribution in [-0.2, 0) is 0 Å².